The molecule has 1 rings (SSSR count). The topological polar surface area (TPSA) is 23.8 Å². The summed E-state index contributed by atoms with van der Waals surface area (Å²) in [6, 6.07) is 4.93. The van der Waals surface area contributed by atoms with Crippen LogP contribution in [0.1, 0.15) is 11.1 Å². The Morgan fingerprint density at radius 2 is 1.82 bits per heavy atom. The summed E-state index contributed by atoms with van der Waals surface area (Å²) < 4.78 is 36.7. The maximum atomic E-state index is 12.2. The SMILES string of the molecule is CSc1cc(C(F)(F)F)ccc1C#N.C[S-].[Na+]. The number of nitrogens with zero attached hydrogens (tertiary/aromatic N) is 1. The molecule has 1 nitrogen and oxygen atoms in total. The second-order valence-electron chi connectivity index (χ2n) is 2.52. The summed E-state index contributed by atoms with van der Waals surface area (Å²) in [5.41, 5.74) is -0.452. The smallest absolute Gasteiger partial charge is 0.796 e. The molecule has 1 aromatic carbocycles. The number of halogens is 3. The van der Waals surface area contributed by atoms with Crippen LogP contribution in [0.5, 0.6) is 0 Å². The zero-order chi connectivity index (χ0) is 12.8. The Labute approximate surface area is 130 Å². The van der Waals surface area contributed by atoms with Crippen LogP contribution in [-0.4, -0.2) is 12.5 Å². The fourth-order valence-electron chi connectivity index (χ4n) is 0.960. The van der Waals surface area contributed by atoms with Crippen molar-refractivity contribution in [1.29, 1.82) is 5.26 Å². The molecule has 88 valence electrons. The summed E-state index contributed by atoms with van der Waals surface area (Å²) in [5.74, 6) is 0. The monoisotopic (exact) mass is 287 g/mol. The Bertz CT molecular complexity index is 388. The van der Waals surface area contributed by atoms with Gasteiger partial charge in [-0.05, 0) is 24.5 Å². The summed E-state index contributed by atoms with van der Waals surface area (Å²) >= 11 is 5.21. The molecule has 0 saturated carbocycles. The van der Waals surface area contributed by atoms with Crippen molar-refractivity contribution in [3.8, 4) is 6.07 Å². The molecule has 0 amide bonds. The minimum absolute atomic E-state index is 0. The third-order valence-electron chi connectivity index (χ3n) is 1.65. The summed E-state index contributed by atoms with van der Waals surface area (Å²) in [4.78, 5) is 0.349. The van der Waals surface area contributed by atoms with Gasteiger partial charge in [-0.15, -0.1) is 11.8 Å². The van der Waals surface area contributed by atoms with Crippen molar-refractivity contribution in [2.24, 2.45) is 0 Å². The van der Waals surface area contributed by atoms with Crippen LogP contribution in [0.2, 0.25) is 0 Å². The quantitative estimate of drug-likeness (QED) is 0.426. The Morgan fingerprint density at radius 1 is 1.29 bits per heavy atom. The molecular weight excluding hydrogens is 278 g/mol. The molecule has 0 heterocycles. The van der Waals surface area contributed by atoms with E-state index in [1.165, 1.54) is 6.07 Å². The van der Waals surface area contributed by atoms with Gasteiger partial charge in [0.2, 0.25) is 0 Å². The van der Waals surface area contributed by atoms with E-state index in [-0.39, 0.29) is 35.1 Å². The van der Waals surface area contributed by atoms with Crippen molar-refractivity contribution >= 4 is 24.4 Å². The van der Waals surface area contributed by atoms with E-state index >= 15 is 0 Å². The molecule has 0 atom stereocenters. The van der Waals surface area contributed by atoms with Gasteiger partial charge in [0.05, 0.1) is 11.1 Å². The second kappa shape index (κ2) is 9.17. The minimum Gasteiger partial charge on any atom is -0.796 e. The van der Waals surface area contributed by atoms with E-state index in [0.717, 1.165) is 23.9 Å². The molecule has 0 aromatic heterocycles. The Hall–Kier alpha value is 0.200. The van der Waals surface area contributed by atoms with E-state index in [1.807, 2.05) is 6.07 Å². The van der Waals surface area contributed by atoms with E-state index < -0.39 is 11.7 Å². The predicted octanol–water partition coefficient (Wildman–Crippen LogP) is 0.466. The van der Waals surface area contributed by atoms with E-state index in [0.29, 0.717) is 4.90 Å². The van der Waals surface area contributed by atoms with Gasteiger partial charge in [0, 0.05) is 4.90 Å². The van der Waals surface area contributed by atoms with Gasteiger partial charge in [-0.2, -0.15) is 24.7 Å². The molecule has 7 heteroatoms. The first-order valence-corrected chi connectivity index (χ1v) is 6.09. The molecule has 17 heavy (non-hydrogen) atoms. The van der Waals surface area contributed by atoms with Gasteiger partial charge in [-0.3, -0.25) is 0 Å². The molecule has 0 spiro atoms. The molecule has 0 N–H and O–H groups in total. The fourth-order valence-corrected chi connectivity index (χ4v) is 1.54. The van der Waals surface area contributed by atoms with Crippen LogP contribution in [0.3, 0.4) is 0 Å². The van der Waals surface area contributed by atoms with Crippen LogP contribution in [0.15, 0.2) is 23.1 Å². The largest absolute Gasteiger partial charge is 1.00 e. The van der Waals surface area contributed by atoms with Crippen LogP contribution in [-0.2, 0) is 18.8 Å². The summed E-state index contributed by atoms with van der Waals surface area (Å²) in [6.45, 7) is 0. The van der Waals surface area contributed by atoms with Gasteiger partial charge >= 0.3 is 35.7 Å². The number of hydrogen-bond donors (Lipinski definition) is 0. The van der Waals surface area contributed by atoms with Crippen LogP contribution in [0.4, 0.5) is 13.2 Å². The van der Waals surface area contributed by atoms with Crippen molar-refractivity contribution in [3.05, 3.63) is 29.3 Å². The molecule has 0 bridgehead atoms. The average molecular weight is 287 g/mol. The molecule has 1 aromatic rings. The van der Waals surface area contributed by atoms with Gasteiger partial charge < -0.3 is 12.6 Å². The van der Waals surface area contributed by atoms with Crippen molar-refractivity contribution < 1.29 is 42.7 Å². The summed E-state index contributed by atoms with van der Waals surface area (Å²) in [5, 5.41) is 8.60. The molecule has 0 aliphatic heterocycles. The van der Waals surface area contributed by atoms with Crippen LogP contribution >= 0.6 is 11.8 Å². The van der Waals surface area contributed by atoms with Gasteiger partial charge in [0.15, 0.2) is 0 Å². The number of benzene rings is 1. The molecular formula is C10H9F3NNaS2. The molecule has 0 saturated heterocycles. The standard InChI is InChI=1S/C9H6F3NS.CH4S.Na/c1-14-8-4-7(9(10,11)12)3-2-6(8)5-13;1-2;/h2-4H,1H3;2H,1H3;/q;;+1/p-1. The molecule has 0 fully saturated rings. The van der Waals surface area contributed by atoms with Crippen molar-refractivity contribution in [2.75, 3.05) is 12.5 Å². The summed E-state index contributed by atoms with van der Waals surface area (Å²) in [7, 11) is 0. The molecule has 0 unspecified atom stereocenters. The van der Waals surface area contributed by atoms with Gasteiger partial charge in [-0.25, -0.2) is 0 Å². The number of thioether (sulfide) groups is 1. The number of alkyl halides is 3. The molecule has 0 aliphatic rings. The zero-order valence-electron chi connectivity index (χ0n) is 9.63. The Balaban J connectivity index is 0. The third kappa shape index (κ3) is 6.07. The van der Waals surface area contributed by atoms with Crippen LogP contribution in [0, 0.1) is 11.3 Å². The first-order valence-electron chi connectivity index (χ1n) is 4.05. The Kier molecular flexibility index (Phi) is 10.5. The number of nitriles is 1. The maximum Gasteiger partial charge on any atom is 1.00 e. The van der Waals surface area contributed by atoms with Crippen molar-refractivity contribution in [1.82, 2.24) is 0 Å². The van der Waals surface area contributed by atoms with Gasteiger partial charge in [0.25, 0.3) is 0 Å². The minimum atomic E-state index is -4.35. The molecule has 0 aliphatic carbocycles. The average Bonchev–Trinajstić information content (AvgIpc) is 2.29. The third-order valence-corrected chi connectivity index (χ3v) is 2.43. The Morgan fingerprint density at radius 3 is 2.18 bits per heavy atom. The van der Waals surface area contributed by atoms with E-state index in [9.17, 15) is 13.2 Å². The van der Waals surface area contributed by atoms with Crippen molar-refractivity contribution in [2.45, 2.75) is 11.1 Å². The van der Waals surface area contributed by atoms with Gasteiger partial charge in [0.1, 0.15) is 6.07 Å². The summed E-state index contributed by atoms with van der Waals surface area (Å²) in [6.07, 6.45) is -1.13. The number of rotatable bonds is 1. The van der Waals surface area contributed by atoms with Crippen LogP contribution in [0.25, 0.3) is 0 Å². The second-order valence-corrected chi connectivity index (χ2v) is 3.37. The normalized spacial score (nSPS) is 9.47. The first kappa shape index (κ1) is 19.5. The maximum absolute atomic E-state index is 12.2. The van der Waals surface area contributed by atoms with Crippen molar-refractivity contribution in [3.63, 3.8) is 0 Å². The first-order chi connectivity index (χ1) is 7.49. The fraction of sp³-hybridized carbons (Fsp3) is 0.300. The van der Waals surface area contributed by atoms with Gasteiger partial charge in [-0.1, -0.05) is 0 Å². The zero-order valence-corrected chi connectivity index (χ0v) is 13.3. The predicted molar refractivity (Wildman–Crippen MR) is 61.2 cm³/mol. The van der Waals surface area contributed by atoms with E-state index in [1.54, 1.807) is 12.5 Å². The van der Waals surface area contributed by atoms with E-state index in [2.05, 4.69) is 12.6 Å². The molecule has 0 radical (unpaired) electrons. The van der Waals surface area contributed by atoms with Crippen LogP contribution < -0.4 is 29.6 Å². The van der Waals surface area contributed by atoms with E-state index in [4.69, 9.17) is 5.26 Å². The number of hydrogen-bond acceptors (Lipinski definition) is 3.